The van der Waals surface area contributed by atoms with Crippen molar-refractivity contribution in [2.45, 2.75) is 56.8 Å². The number of ether oxygens (including phenoxy) is 1. The van der Waals surface area contributed by atoms with Crippen LogP contribution in [0.4, 0.5) is 0 Å². The molecule has 7 nitrogen and oxygen atoms in total. The molecule has 0 spiro atoms. The van der Waals surface area contributed by atoms with Crippen molar-refractivity contribution < 1.29 is 9.53 Å². The number of hydrogen-bond donors (Lipinski definition) is 2. The van der Waals surface area contributed by atoms with Gasteiger partial charge in [0.25, 0.3) is 5.91 Å². The number of aromatic amines is 1. The van der Waals surface area contributed by atoms with E-state index < -0.39 is 0 Å². The van der Waals surface area contributed by atoms with Gasteiger partial charge in [-0.2, -0.15) is 0 Å². The number of nitrogens with one attached hydrogen (secondary N) is 2. The molecule has 1 aliphatic carbocycles. The molecule has 7 heteroatoms. The van der Waals surface area contributed by atoms with Crippen LogP contribution in [0.25, 0.3) is 0 Å². The minimum absolute atomic E-state index is 0.0278. The lowest BCUT2D eigenvalue weighted by Gasteiger charge is -2.44. The summed E-state index contributed by atoms with van der Waals surface area (Å²) in [5, 5.41) is 3.21. The Morgan fingerprint density at radius 3 is 2.93 bits per heavy atom. The van der Waals surface area contributed by atoms with Gasteiger partial charge in [-0.1, -0.05) is 0 Å². The molecule has 0 unspecified atom stereocenters. The van der Waals surface area contributed by atoms with Crippen molar-refractivity contribution in [1.29, 1.82) is 0 Å². The molecule has 0 bridgehead atoms. The first-order valence-corrected chi connectivity index (χ1v) is 9.60. The molecule has 2 aromatic rings. The number of methoxy groups -OCH3 is 1. The average Bonchev–Trinajstić information content (AvgIpc) is 3.27. The van der Waals surface area contributed by atoms with Gasteiger partial charge in [-0.25, -0.2) is 4.98 Å². The Kier molecular flexibility index (Phi) is 4.97. The van der Waals surface area contributed by atoms with Crippen molar-refractivity contribution in [2.24, 2.45) is 0 Å². The Bertz CT molecular complexity index is 793. The highest BCUT2D eigenvalue weighted by molar-refractivity contribution is 5.94. The minimum Gasteiger partial charge on any atom is -0.377 e. The van der Waals surface area contributed by atoms with Gasteiger partial charge >= 0.3 is 0 Å². The highest BCUT2D eigenvalue weighted by atomic mass is 16.5. The second-order valence-corrected chi connectivity index (χ2v) is 7.66. The summed E-state index contributed by atoms with van der Waals surface area (Å²) in [6.45, 7) is 3.87. The van der Waals surface area contributed by atoms with Gasteiger partial charge in [0.2, 0.25) is 0 Å². The van der Waals surface area contributed by atoms with Gasteiger partial charge in [-0.05, 0) is 44.7 Å². The predicted octanol–water partition coefficient (Wildman–Crippen LogP) is 2.06. The second kappa shape index (κ2) is 7.40. The van der Waals surface area contributed by atoms with E-state index in [9.17, 15) is 4.79 Å². The van der Waals surface area contributed by atoms with Crippen LogP contribution in [0.5, 0.6) is 0 Å². The van der Waals surface area contributed by atoms with Gasteiger partial charge in [0.05, 0.1) is 17.6 Å². The first-order chi connectivity index (χ1) is 13.1. The molecule has 3 heterocycles. The molecule has 1 aliphatic heterocycles. The summed E-state index contributed by atoms with van der Waals surface area (Å²) < 4.78 is 6.03. The maximum Gasteiger partial charge on any atom is 0.251 e. The highest BCUT2D eigenvalue weighted by Gasteiger charge is 2.51. The van der Waals surface area contributed by atoms with E-state index >= 15 is 0 Å². The monoisotopic (exact) mass is 369 g/mol. The van der Waals surface area contributed by atoms with E-state index in [4.69, 9.17) is 4.74 Å². The standard InChI is InChI=1S/C20H27N5O2/c1-14-17(23-13-22-14)12-25-10-7-20(27-2)6-3-16(11-18(20)25)24-19(26)15-4-8-21-9-5-15/h4-5,8-9,13,16,18H,3,6-7,10-12H2,1-2H3,(H,22,23)(H,24,26)/t16-,18+,20-/m1/s1. The summed E-state index contributed by atoms with van der Waals surface area (Å²) in [5.74, 6) is -0.0278. The van der Waals surface area contributed by atoms with Crippen LogP contribution < -0.4 is 5.32 Å². The molecule has 2 N–H and O–H groups in total. The summed E-state index contributed by atoms with van der Waals surface area (Å²) in [6, 6.07) is 3.94. The van der Waals surface area contributed by atoms with E-state index in [2.05, 4.69) is 32.1 Å². The quantitative estimate of drug-likeness (QED) is 0.843. The van der Waals surface area contributed by atoms with Crippen LogP contribution in [-0.2, 0) is 11.3 Å². The van der Waals surface area contributed by atoms with Gasteiger partial charge in [0, 0.05) is 55.9 Å². The SMILES string of the molecule is CO[C@@]12CC[C@@H](NC(=O)c3ccncc3)C[C@@H]1N(Cc1nc[nH]c1C)CC2. The topological polar surface area (TPSA) is 83.1 Å². The lowest BCUT2D eigenvalue weighted by Crippen LogP contribution is -2.54. The lowest BCUT2D eigenvalue weighted by molar-refractivity contribution is -0.0679. The second-order valence-electron chi connectivity index (χ2n) is 7.66. The molecule has 4 rings (SSSR count). The first-order valence-electron chi connectivity index (χ1n) is 9.60. The number of amides is 1. The maximum absolute atomic E-state index is 12.5. The van der Waals surface area contributed by atoms with Crippen LogP contribution in [0.3, 0.4) is 0 Å². The fourth-order valence-corrected chi connectivity index (χ4v) is 4.62. The zero-order valence-corrected chi connectivity index (χ0v) is 15.9. The molecule has 0 radical (unpaired) electrons. The van der Waals surface area contributed by atoms with Gasteiger partial charge in [-0.3, -0.25) is 14.7 Å². The fourth-order valence-electron chi connectivity index (χ4n) is 4.62. The van der Waals surface area contributed by atoms with Gasteiger partial charge < -0.3 is 15.0 Å². The smallest absolute Gasteiger partial charge is 0.251 e. The van der Waals surface area contributed by atoms with Crippen LogP contribution >= 0.6 is 0 Å². The molecule has 2 aromatic heterocycles. The van der Waals surface area contributed by atoms with Gasteiger partial charge in [0.15, 0.2) is 0 Å². The molecule has 1 saturated carbocycles. The summed E-state index contributed by atoms with van der Waals surface area (Å²) in [6.07, 6.45) is 8.88. The van der Waals surface area contributed by atoms with E-state index in [0.717, 1.165) is 50.2 Å². The molecule has 144 valence electrons. The van der Waals surface area contributed by atoms with Gasteiger partial charge in [0.1, 0.15) is 0 Å². The molecule has 2 fully saturated rings. The zero-order chi connectivity index (χ0) is 18.9. The van der Waals surface area contributed by atoms with E-state index in [1.54, 1.807) is 30.9 Å². The Morgan fingerprint density at radius 2 is 2.22 bits per heavy atom. The van der Waals surface area contributed by atoms with Crippen LogP contribution in [0.1, 0.15) is 47.4 Å². The fraction of sp³-hybridized carbons (Fsp3) is 0.550. The van der Waals surface area contributed by atoms with Crippen molar-refractivity contribution in [1.82, 2.24) is 25.2 Å². The number of imidazole rings is 1. The molecule has 2 aliphatic rings. The van der Waals surface area contributed by atoms with Crippen molar-refractivity contribution in [3.05, 3.63) is 47.8 Å². The number of H-pyrrole nitrogens is 1. The van der Waals surface area contributed by atoms with E-state index in [1.807, 2.05) is 7.11 Å². The summed E-state index contributed by atoms with van der Waals surface area (Å²) in [5.41, 5.74) is 2.75. The normalized spacial score (nSPS) is 28.1. The summed E-state index contributed by atoms with van der Waals surface area (Å²) >= 11 is 0. The van der Waals surface area contributed by atoms with Crippen LogP contribution in [0.2, 0.25) is 0 Å². The summed E-state index contributed by atoms with van der Waals surface area (Å²) in [4.78, 5) is 26.6. The minimum atomic E-state index is -0.109. The number of aryl methyl sites for hydroxylation is 1. The number of pyridine rings is 1. The average molecular weight is 369 g/mol. The summed E-state index contributed by atoms with van der Waals surface area (Å²) in [7, 11) is 1.83. The number of hydrogen-bond acceptors (Lipinski definition) is 5. The molecule has 0 aromatic carbocycles. The number of carbonyl (C=O) groups excluding carboxylic acids is 1. The molecular formula is C20H27N5O2. The van der Waals surface area contributed by atoms with E-state index in [-0.39, 0.29) is 23.6 Å². The Labute approximate surface area is 159 Å². The maximum atomic E-state index is 12.5. The van der Waals surface area contributed by atoms with E-state index in [1.165, 1.54) is 0 Å². The number of nitrogens with zero attached hydrogens (tertiary/aromatic N) is 3. The Hall–Kier alpha value is -2.25. The van der Waals surface area contributed by atoms with Crippen molar-refractivity contribution in [2.75, 3.05) is 13.7 Å². The molecule has 1 amide bonds. The van der Waals surface area contributed by atoms with Crippen molar-refractivity contribution in [3.8, 4) is 0 Å². The predicted molar refractivity (Wildman–Crippen MR) is 101 cm³/mol. The first kappa shape index (κ1) is 18.1. The molecular weight excluding hydrogens is 342 g/mol. The third-order valence-corrected chi connectivity index (χ3v) is 6.27. The van der Waals surface area contributed by atoms with Crippen molar-refractivity contribution in [3.63, 3.8) is 0 Å². The number of carbonyl (C=O) groups is 1. The molecule has 1 saturated heterocycles. The van der Waals surface area contributed by atoms with Crippen molar-refractivity contribution >= 4 is 5.91 Å². The van der Waals surface area contributed by atoms with Crippen LogP contribution in [0, 0.1) is 6.92 Å². The lowest BCUT2D eigenvalue weighted by atomic mass is 9.78. The molecule has 3 atom stereocenters. The third kappa shape index (κ3) is 3.49. The Balaban J connectivity index is 1.46. The molecule has 27 heavy (non-hydrogen) atoms. The largest absolute Gasteiger partial charge is 0.377 e. The van der Waals surface area contributed by atoms with Crippen LogP contribution in [0.15, 0.2) is 30.9 Å². The van der Waals surface area contributed by atoms with E-state index in [0.29, 0.717) is 5.56 Å². The number of aromatic nitrogens is 3. The van der Waals surface area contributed by atoms with Crippen LogP contribution in [-0.4, -0.2) is 57.1 Å². The highest BCUT2D eigenvalue weighted by Crippen LogP contribution is 2.43. The third-order valence-electron chi connectivity index (χ3n) is 6.27. The van der Waals surface area contributed by atoms with Gasteiger partial charge in [-0.15, -0.1) is 0 Å². The number of fused-ring (bicyclic) bond motifs is 1. The zero-order valence-electron chi connectivity index (χ0n) is 15.9. The number of likely N-dealkylation sites (tertiary alicyclic amines) is 1. The Morgan fingerprint density at radius 1 is 1.41 bits per heavy atom. The number of rotatable bonds is 5.